The fraction of sp³-hybridized carbons (Fsp3) is 0.308. The Morgan fingerprint density at radius 3 is 3.04 bits per heavy atom. The number of furan rings is 1. The number of hydrogen-bond acceptors (Lipinski definition) is 8. The Labute approximate surface area is 135 Å². The topological polar surface area (TPSA) is 136 Å². The first-order chi connectivity index (χ1) is 11.0. The molecular formula is C13H13N4O5S-. The molecule has 0 bridgehead atoms. The molecule has 1 aromatic rings. The fourth-order valence-corrected chi connectivity index (χ4v) is 2.56. The lowest BCUT2D eigenvalue weighted by atomic mass is 10.2. The molecule has 9 nitrogen and oxygen atoms in total. The zero-order valence-electron chi connectivity index (χ0n) is 11.9. The van der Waals surface area contributed by atoms with Gasteiger partial charge in [-0.05, 0) is 12.1 Å². The number of carbonyl (C=O) groups excluding carboxylic acids is 3. The van der Waals surface area contributed by atoms with Crippen LogP contribution in [-0.2, 0) is 14.4 Å². The van der Waals surface area contributed by atoms with Crippen LogP contribution in [0.3, 0.4) is 0 Å². The van der Waals surface area contributed by atoms with Gasteiger partial charge in [0.05, 0.1) is 12.5 Å². The van der Waals surface area contributed by atoms with Crippen molar-refractivity contribution >= 4 is 40.9 Å². The van der Waals surface area contributed by atoms with Crippen LogP contribution < -0.4 is 15.7 Å². The third kappa shape index (κ3) is 5.58. The summed E-state index contributed by atoms with van der Waals surface area (Å²) in [5, 5.41) is 22.4. The summed E-state index contributed by atoms with van der Waals surface area (Å²) in [7, 11) is 0. The van der Waals surface area contributed by atoms with Crippen LogP contribution in [0, 0.1) is 0 Å². The van der Waals surface area contributed by atoms with Crippen molar-refractivity contribution in [1.82, 2.24) is 10.6 Å². The lowest BCUT2D eigenvalue weighted by molar-refractivity contribution is -0.305. The summed E-state index contributed by atoms with van der Waals surface area (Å²) < 4.78 is 5.04. The van der Waals surface area contributed by atoms with E-state index in [9.17, 15) is 19.5 Å². The molecule has 2 rings (SSSR count). The highest BCUT2D eigenvalue weighted by Gasteiger charge is 2.32. The van der Waals surface area contributed by atoms with Gasteiger partial charge in [0.15, 0.2) is 5.17 Å². The maximum atomic E-state index is 11.7. The number of rotatable bonds is 7. The zero-order chi connectivity index (χ0) is 16.7. The largest absolute Gasteiger partial charge is 0.550 e. The minimum Gasteiger partial charge on any atom is -0.550 e. The van der Waals surface area contributed by atoms with Gasteiger partial charge in [0.1, 0.15) is 11.0 Å². The van der Waals surface area contributed by atoms with Gasteiger partial charge in [-0.3, -0.25) is 9.59 Å². The number of hydrogen-bond donors (Lipinski definition) is 2. The molecular weight excluding hydrogens is 324 g/mol. The smallest absolute Gasteiger partial charge is 0.240 e. The van der Waals surface area contributed by atoms with Gasteiger partial charge < -0.3 is 25.0 Å². The number of nitrogens with zero attached hydrogens (tertiary/aromatic N) is 2. The second-order valence-corrected chi connectivity index (χ2v) is 5.63. The maximum absolute atomic E-state index is 11.7. The molecule has 1 fully saturated rings. The van der Waals surface area contributed by atoms with Crippen molar-refractivity contribution in [2.75, 3.05) is 6.54 Å². The first kappa shape index (κ1) is 16.7. The number of thioether (sulfide) groups is 1. The number of amidine groups is 1. The molecule has 1 aromatic heterocycles. The summed E-state index contributed by atoms with van der Waals surface area (Å²) in [5.41, 5.74) is 0. The van der Waals surface area contributed by atoms with Gasteiger partial charge in [-0.2, -0.15) is 5.10 Å². The Morgan fingerprint density at radius 2 is 2.35 bits per heavy atom. The molecule has 0 aliphatic carbocycles. The highest BCUT2D eigenvalue weighted by atomic mass is 32.2. The molecule has 1 atom stereocenters. The molecule has 0 unspecified atom stereocenters. The Hall–Kier alpha value is -2.62. The van der Waals surface area contributed by atoms with E-state index >= 15 is 0 Å². The molecule has 0 aromatic carbocycles. The molecule has 2 amide bonds. The van der Waals surface area contributed by atoms with E-state index in [4.69, 9.17) is 4.42 Å². The monoisotopic (exact) mass is 337 g/mol. The van der Waals surface area contributed by atoms with Gasteiger partial charge in [-0.25, -0.2) is 0 Å². The van der Waals surface area contributed by atoms with E-state index in [0.29, 0.717) is 5.76 Å². The third-order valence-corrected chi connectivity index (χ3v) is 3.75. The van der Waals surface area contributed by atoms with Gasteiger partial charge in [-0.1, -0.05) is 11.8 Å². The van der Waals surface area contributed by atoms with Gasteiger partial charge in [-0.15, -0.1) is 5.10 Å². The second-order valence-electron chi connectivity index (χ2n) is 4.44. The predicted molar refractivity (Wildman–Crippen MR) is 80.5 cm³/mol. The van der Waals surface area contributed by atoms with Gasteiger partial charge in [0.2, 0.25) is 11.8 Å². The summed E-state index contributed by atoms with van der Waals surface area (Å²) in [6.07, 6.45) is 2.53. The Morgan fingerprint density at radius 1 is 1.52 bits per heavy atom. The van der Waals surface area contributed by atoms with Gasteiger partial charge >= 0.3 is 0 Å². The number of amides is 2. The first-order valence-electron chi connectivity index (χ1n) is 6.63. The van der Waals surface area contributed by atoms with Gasteiger partial charge in [0.25, 0.3) is 0 Å². The van der Waals surface area contributed by atoms with Gasteiger partial charge in [0, 0.05) is 25.4 Å². The van der Waals surface area contributed by atoms with Crippen LogP contribution in [-0.4, -0.2) is 41.0 Å². The Kier molecular flexibility index (Phi) is 5.92. The van der Waals surface area contributed by atoms with Crippen molar-refractivity contribution < 1.29 is 23.9 Å². The maximum Gasteiger partial charge on any atom is 0.240 e. The fourth-order valence-electron chi connectivity index (χ4n) is 1.63. The zero-order valence-corrected chi connectivity index (χ0v) is 12.7. The molecule has 1 saturated heterocycles. The van der Waals surface area contributed by atoms with E-state index in [2.05, 4.69) is 20.8 Å². The van der Waals surface area contributed by atoms with E-state index < -0.39 is 17.1 Å². The van der Waals surface area contributed by atoms with Crippen LogP contribution in [0.2, 0.25) is 0 Å². The van der Waals surface area contributed by atoms with E-state index in [0.717, 1.165) is 11.8 Å². The van der Waals surface area contributed by atoms with E-state index in [1.165, 1.54) is 12.5 Å². The number of carboxylic acids is 1. The van der Waals surface area contributed by atoms with Crippen molar-refractivity contribution in [2.45, 2.75) is 18.1 Å². The molecule has 0 saturated carbocycles. The third-order valence-electron chi connectivity index (χ3n) is 2.68. The first-order valence-corrected chi connectivity index (χ1v) is 7.51. The molecule has 0 radical (unpaired) electrons. The molecule has 10 heteroatoms. The SMILES string of the molecule is O=C([O-])CCNC(=O)C[C@H]1S/C(=N\N=C/c2ccco2)NC1=O. The molecule has 1 aliphatic heterocycles. The molecule has 0 spiro atoms. The van der Waals surface area contributed by atoms with Crippen molar-refractivity contribution in [2.24, 2.45) is 10.2 Å². The molecule has 2 N–H and O–H groups in total. The van der Waals surface area contributed by atoms with Crippen LogP contribution in [0.4, 0.5) is 0 Å². The lowest BCUT2D eigenvalue weighted by Crippen LogP contribution is -2.34. The van der Waals surface area contributed by atoms with Crippen molar-refractivity contribution in [3.8, 4) is 0 Å². The summed E-state index contributed by atoms with van der Waals surface area (Å²) in [6, 6.07) is 3.40. The quantitative estimate of drug-likeness (QED) is 0.476. The molecule has 122 valence electrons. The van der Waals surface area contributed by atoms with Crippen molar-refractivity contribution in [3.63, 3.8) is 0 Å². The minimum atomic E-state index is -1.25. The van der Waals surface area contributed by atoms with Crippen LogP contribution in [0.5, 0.6) is 0 Å². The van der Waals surface area contributed by atoms with Crippen LogP contribution in [0.25, 0.3) is 0 Å². The molecule has 1 aliphatic rings. The van der Waals surface area contributed by atoms with Crippen LogP contribution >= 0.6 is 11.8 Å². The van der Waals surface area contributed by atoms with Crippen molar-refractivity contribution in [1.29, 1.82) is 0 Å². The molecule has 2 heterocycles. The summed E-state index contributed by atoms with van der Waals surface area (Å²) in [6.45, 7) is -0.0332. The Bertz CT molecular complexity index is 641. The summed E-state index contributed by atoms with van der Waals surface area (Å²) in [4.78, 5) is 33.6. The average Bonchev–Trinajstić information content (AvgIpc) is 3.09. The summed E-state index contributed by atoms with van der Waals surface area (Å²) in [5.74, 6) is -1.49. The number of carboxylic acid groups (broad SMARTS) is 1. The Balaban J connectivity index is 1.80. The number of carbonyl (C=O) groups is 3. The lowest BCUT2D eigenvalue weighted by Gasteiger charge is -2.07. The van der Waals surface area contributed by atoms with E-state index in [1.54, 1.807) is 12.1 Å². The molecule has 23 heavy (non-hydrogen) atoms. The number of aliphatic carboxylic acids is 1. The summed E-state index contributed by atoms with van der Waals surface area (Å²) >= 11 is 1.08. The van der Waals surface area contributed by atoms with E-state index in [-0.39, 0.29) is 30.5 Å². The standard InChI is InChI=1S/C13H14N4O5S/c18-10(14-4-3-11(19)20)6-9-12(21)16-13(23-9)17-15-7-8-2-1-5-22-8/h1-2,5,7,9H,3-4,6H2,(H,14,18)(H,19,20)(H,16,17,21)/p-1/b15-7-/t9-/m1/s1. The van der Waals surface area contributed by atoms with Crippen LogP contribution in [0.15, 0.2) is 33.0 Å². The predicted octanol–water partition coefficient (Wildman–Crippen LogP) is -1.15. The average molecular weight is 337 g/mol. The van der Waals surface area contributed by atoms with Crippen molar-refractivity contribution in [3.05, 3.63) is 24.2 Å². The van der Waals surface area contributed by atoms with E-state index in [1.807, 2.05) is 0 Å². The minimum absolute atomic E-state index is 0.0332. The normalized spacial score (nSPS) is 19.2. The highest BCUT2D eigenvalue weighted by molar-refractivity contribution is 8.15. The van der Waals surface area contributed by atoms with Crippen LogP contribution in [0.1, 0.15) is 18.6 Å². The number of nitrogens with one attached hydrogen (secondary N) is 2. The second kappa shape index (κ2) is 8.13. The highest BCUT2D eigenvalue weighted by Crippen LogP contribution is 2.22.